The molecule has 0 spiro atoms. The summed E-state index contributed by atoms with van der Waals surface area (Å²) in [5, 5.41) is 14.9. The van der Waals surface area contributed by atoms with Crippen molar-refractivity contribution in [3.63, 3.8) is 0 Å². The average molecular weight is 324 g/mol. The number of anilines is 4. The zero-order chi connectivity index (χ0) is 16.9. The van der Waals surface area contributed by atoms with Gasteiger partial charge in [-0.25, -0.2) is 14.2 Å². The Morgan fingerprint density at radius 3 is 2.50 bits per heavy atom. The molecule has 0 aliphatic heterocycles. The summed E-state index contributed by atoms with van der Waals surface area (Å²) in [6, 6.07) is 13.9. The number of carbonyl (C=O) groups is 1. The quantitative estimate of drug-likeness (QED) is 0.662. The van der Waals surface area contributed by atoms with E-state index in [1.165, 1.54) is 24.3 Å². The average Bonchev–Trinajstić information content (AvgIpc) is 2.56. The van der Waals surface area contributed by atoms with Crippen molar-refractivity contribution in [3.8, 4) is 0 Å². The van der Waals surface area contributed by atoms with Gasteiger partial charge in [0.15, 0.2) is 0 Å². The maximum atomic E-state index is 13.2. The highest BCUT2D eigenvalue weighted by molar-refractivity contribution is 5.88. The fourth-order valence-electron chi connectivity index (χ4n) is 2.03. The molecule has 0 aliphatic carbocycles. The SMILES string of the molecule is O=C(O)c1ccc(Nc2ccnc(Nc3cccc(F)c3)n2)cc1. The Labute approximate surface area is 137 Å². The van der Waals surface area contributed by atoms with Crippen LogP contribution in [0.3, 0.4) is 0 Å². The predicted molar refractivity (Wildman–Crippen MR) is 88.4 cm³/mol. The third kappa shape index (κ3) is 3.83. The molecule has 6 nitrogen and oxygen atoms in total. The summed E-state index contributed by atoms with van der Waals surface area (Å²) < 4.78 is 13.2. The van der Waals surface area contributed by atoms with Gasteiger partial charge in [-0.2, -0.15) is 4.98 Å². The minimum atomic E-state index is -0.981. The van der Waals surface area contributed by atoms with Crippen molar-refractivity contribution in [2.45, 2.75) is 0 Å². The topological polar surface area (TPSA) is 87.1 Å². The number of carboxylic acids is 1. The van der Waals surface area contributed by atoms with Crippen molar-refractivity contribution >= 4 is 29.1 Å². The van der Waals surface area contributed by atoms with Gasteiger partial charge in [0.25, 0.3) is 0 Å². The smallest absolute Gasteiger partial charge is 0.335 e. The van der Waals surface area contributed by atoms with Gasteiger partial charge in [0.2, 0.25) is 5.95 Å². The summed E-state index contributed by atoms with van der Waals surface area (Å²) in [5.41, 5.74) is 1.44. The van der Waals surface area contributed by atoms with E-state index in [4.69, 9.17) is 5.11 Å². The highest BCUT2D eigenvalue weighted by atomic mass is 19.1. The normalized spacial score (nSPS) is 10.2. The Morgan fingerprint density at radius 2 is 1.79 bits per heavy atom. The molecule has 0 atom stereocenters. The number of hydrogen-bond donors (Lipinski definition) is 3. The summed E-state index contributed by atoms with van der Waals surface area (Å²) in [4.78, 5) is 19.2. The first kappa shape index (κ1) is 15.4. The third-order valence-electron chi connectivity index (χ3n) is 3.14. The van der Waals surface area contributed by atoms with Crippen LogP contribution >= 0.6 is 0 Å². The zero-order valence-electron chi connectivity index (χ0n) is 12.4. The van der Waals surface area contributed by atoms with Crippen molar-refractivity contribution in [1.82, 2.24) is 9.97 Å². The van der Waals surface area contributed by atoms with Gasteiger partial charge >= 0.3 is 5.97 Å². The monoisotopic (exact) mass is 324 g/mol. The van der Waals surface area contributed by atoms with Crippen LogP contribution in [0.25, 0.3) is 0 Å². The summed E-state index contributed by atoms with van der Waals surface area (Å²) in [6.45, 7) is 0. The van der Waals surface area contributed by atoms with E-state index in [-0.39, 0.29) is 11.4 Å². The Balaban J connectivity index is 1.74. The molecule has 3 N–H and O–H groups in total. The zero-order valence-corrected chi connectivity index (χ0v) is 12.4. The van der Waals surface area contributed by atoms with Crippen LogP contribution in [0.5, 0.6) is 0 Å². The summed E-state index contributed by atoms with van der Waals surface area (Å²) in [5.74, 6) is -0.502. The molecule has 3 rings (SSSR count). The molecule has 3 aromatic rings. The van der Waals surface area contributed by atoms with Crippen molar-refractivity contribution in [3.05, 3.63) is 72.2 Å². The first-order chi connectivity index (χ1) is 11.6. The lowest BCUT2D eigenvalue weighted by molar-refractivity contribution is 0.0697. The van der Waals surface area contributed by atoms with Crippen LogP contribution in [0.4, 0.5) is 27.5 Å². The number of nitrogens with one attached hydrogen (secondary N) is 2. The summed E-state index contributed by atoms with van der Waals surface area (Å²) in [6.07, 6.45) is 1.56. The molecule has 1 heterocycles. The molecular weight excluding hydrogens is 311 g/mol. The van der Waals surface area contributed by atoms with Crippen LogP contribution in [0.1, 0.15) is 10.4 Å². The van der Waals surface area contributed by atoms with Gasteiger partial charge in [-0.3, -0.25) is 0 Å². The van der Waals surface area contributed by atoms with E-state index in [0.717, 1.165) is 0 Å². The number of aromatic nitrogens is 2. The second-order valence-corrected chi connectivity index (χ2v) is 4.91. The Bertz CT molecular complexity index is 868. The molecule has 0 amide bonds. The van der Waals surface area contributed by atoms with Gasteiger partial charge in [-0.15, -0.1) is 0 Å². The lowest BCUT2D eigenvalue weighted by Gasteiger charge is -2.08. The number of nitrogens with zero attached hydrogens (tertiary/aromatic N) is 2. The van der Waals surface area contributed by atoms with Crippen LogP contribution in [0.2, 0.25) is 0 Å². The highest BCUT2D eigenvalue weighted by Crippen LogP contribution is 2.18. The van der Waals surface area contributed by atoms with E-state index in [9.17, 15) is 9.18 Å². The fourth-order valence-corrected chi connectivity index (χ4v) is 2.03. The van der Waals surface area contributed by atoms with Crippen molar-refractivity contribution in [1.29, 1.82) is 0 Å². The molecule has 0 saturated heterocycles. The second kappa shape index (κ2) is 6.74. The van der Waals surface area contributed by atoms with E-state index in [2.05, 4.69) is 20.6 Å². The largest absolute Gasteiger partial charge is 0.478 e. The molecule has 7 heteroatoms. The minimum Gasteiger partial charge on any atom is -0.478 e. The lowest BCUT2D eigenvalue weighted by atomic mass is 10.2. The van der Waals surface area contributed by atoms with Crippen LogP contribution in [-0.2, 0) is 0 Å². The van der Waals surface area contributed by atoms with Crippen LogP contribution in [0, 0.1) is 5.82 Å². The summed E-state index contributed by atoms with van der Waals surface area (Å²) in [7, 11) is 0. The summed E-state index contributed by atoms with van der Waals surface area (Å²) >= 11 is 0. The van der Waals surface area contributed by atoms with E-state index >= 15 is 0 Å². The lowest BCUT2D eigenvalue weighted by Crippen LogP contribution is -2.01. The molecule has 0 fully saturated rings. The molecule has 0 saturated carbocycles. The molecule has 0 aliphatic rings. The molecular formula is C17H13FN4O2. The van der Waals surface area contributed by atoms with E-state index in [1.54, 1.807) is 36.5 Å². The molecule has 0 unspecified atom stereocenters. The van der Waals surface area contributed by atoms with Gasteiger partial charge in [0.05, 0.1) is 5.56 Å². The number of hydrogen-bond acceptors (Lipinski definition) is 5. The number of halogens is 1. The second-order valence-electron chi connectivity index (χ2n) is 4.91. The maximum absolute atomic E-state index is 13.2. The standard InChI is InChI=1S/C17H13FN4O2/c18-12-2-1-3-14(10-12)21-17-19-9-8-15(22-17)20-13-6-4-11(5-7-13)16(23)24/h1-10H,(H,23,24)(H2,19,20,21,22). The minimum absolute atomic E-state index is 0.205. The van der Waals surface area contributed by atoms with Crippen LogP contribution in [0.15, 0.2) is 60.8 Å². The van der Waals surface area contributed by atoms with Crippen molar-refractivity contribution in [2.75, 3.05) is 10.6 Å². The maximum Gasteiger partial charge on any atom is 0.335 e. The number of rotatable bonds is 5. The highest BCUT2D eigenvalue weighted by Gasteiger charge is 2.04. The molecule has 2 aromatic carbocycles. The van der Waals surface area contributed by atoms with Gasteiger partial charge in [-0.1, -0.05) is 6.07 Å². The number of carboxylic acid groups (broad SMARTS) is 1. The van der Waals surface area contributed by atoms with Gasteiger partial charge < -0.3 is 15.7 Å². The first-order valence-electron chi connectivity index (χ1n) is 7.06. The first-order valence-corrected chi connectivity index (χ1v) is 7.06. The predicted octanol–water partition coefficient (Wildman–Crippen LogP) is 3.80. The van der Waals surface area contributed by atoms with Crippen LogP contribution in [-0.4, -0.2) is 21.0 Å². The number of benzene rings is 2. The van der Waals surface area contributed by atoms with Gasteiger partial charge in [0.1, 0.15) is 11.6 Å². The van der Waals surface area contributed by atoms with Gasteiger partial charge in [0, 0.05) is 17.6 Å². The third-order valence-corrected chi connectivity index (χ3v) is 3.14. The molecule has 24 heavy (non-hydrogen) atoms. The Morgan fingerprint density at radius 1 is 1.00 bits per heavy atom. The van der Waals surface area contributed by atoms with Crippen LogP contribution < -0.4 is 10.6 Å². The fraction of sp³-hybridized carbons (Fsp3) is 0. The number of aromatic carboxylic acids is 1. The Kier molecular flexibility index (Phi) is 4.33. The van der Waals surface area contributed by atoms with Crippen molar-refractivity contribution in [2.24, 2.45) is 0 Å². The molecule has 0 radical (unpaired) electrons. The van der Waals surface area contributed by atoms with Gasteiger partial charge in [-0.05, 0) is 48.5 Å². The molecule has 0 bridgehead atoms. The van der Waals surface area contributed by atoms with E-state index < -0.39 is 5.97 Å². The van der Waals surface area contributed by atoms with E-state index in [1.807, 2.05) is 0 Å². The Hall–Kier alpha value is -3.48. The van der Waals surface area contributed by atoms with E-state index in [0.29, 0.717) is 23.1 Å². The van der Waals surface area contributed by atoms with Crippen molar-refractivity contribution < 1.29 is 14.3 Å². The molecule has 120 valence electrons. The molecule has 1 aromatic heterocycles.